The van der Waals surface area contributed by atoms with E-state index in [1.807, 2.05) is 0 Å². The lowest BCUT2D eigenvalue weighted by Gasteiger charge is -2.09. The molecule has 0 atom stereocenters. The summed E-state index contributed by atoms with van der Waals surface area (Å²) in [4.78, 5) is 11.5. The summed E-state index contributed by atoms with van der Waals surface area (Å²) in [5.41, 5.74) is 0.834. The fraction of sp³-hybridized carbons (Fsp3) is 0.357. The van der Waals surface area contributed by atoms with E-state index < -0.39 is 6.36 Å². The molecule has 7 nitrogen and oxygen atoms in total. The number of nitrogens with one attached hydrogen (secondary N) is 2. The van der Waals surface area contributed by atoms with Crippen LogP contribution in [0.2, 0.25) is 0 Å². The van der Waals surface area contributed by atoms with Gasteiger partial charge in [-0.25, -0.2) is 9.48 Å². The quantitative estimate of drug-likeness (QED) is 0.873. The molecule has 0 aliphatic heterocycles. The third kappa shape index (κ3) is 4.61. The Kier molecular flexibility index (Phi) is 4.28. The zero-order valence-corrected chi connectivity index (χ0v) is 12.4. The first-order valence-electron chi connectivity index (χ1n) is 7.21. The molecule has 0 radical (unpaired) electrons. The average molecular weight is 341 g/mol. The molecule has 3 rings (SSSR count). The second-order valence-corrected chi connectivity index (χ2v) is 5.30. The molecule has 2 N–H and O–H groups in total. The van der Waals surface area contributed by atoms with Gasteiger partial charge in [-0.05, 0) is 25.0 Å². The van der Waals surface area contributed by atoms with Crippen LogP contribution in [0.25, 0.3) is 5.69 Å². The van der Waals surface area contributed by atoms with Crippen molar-refractivity contribution in [1.82, 2.24) is 25.6 Å². The van der Waals surface area contributed by atoms with Crippen LogP contribution < -0.4 is 15.4 Å². The lowest BCUT2D eigenvalue weighted by Crippen LogP contribution is -2.36. The van der Waals surface area contributed by atoms with Crippen molar-refractivity contribution < 1.29 is 22.7 Å². The number of halogens is 3. The summed E-state index contributed by atoms with van der Waals surface area (Å²) in [6.45, 7) is 0.164. The van der Waals surface area contributed by atoms with Crippen LogP contribution in [0.15, 0.2) is 30.5 Å². The predicted octanol–water partition coefficient (Wildman–Crippen LogP) is 2.13. The Morgan fingerprint density at radius 3 is 2.88 bits per heavy atom. The fourth-order valence-corrected chi connectivity index (χ4v) is 1.96. The number of ether oxygens (including phenoxy) is 1. The van der Waals surface area contributed by atoms with Crippen molar-refractivity contribution in [2.45, 2.75) is 31.8 Å². The number of hydrogen-bond donors (Lipinski definition) is 2. The minimum atomic E-state index is -4.76. The van der Waals surface area contributed by atoms with Gasteiger partial charge in [-0.15, -0.1) is 18.3 Å². The number of urea groups is 1. The maximum absolute atomic E-state index is 12.2. The van der Waals surface area contributed by atoms with Crippen molar-refractivity contribution >= 4 is 6.03 Å². The van der Waals surface area contributed by atoms with Crippen molar-refractivity contribution in [1.29, 1.82) is 0 Å². The molecule has 1 saturated carbocycles. The van der Waals surface area contributed by atoms with Crippen molar-refractivity contribution in [3.05, 3.63) is 36.2 Å². The van der Waals surface area contributed by atoms with E-state index in [1.54, 1.807) is 6.07 Å². The summed E-state index contributed by atoms with van der Waals surface area (Å²) in [5, 5.41) is 13.1. The molecule has 0 spiro atoms. The Labute approximate surface area is 134 Å². The second-order valence-electron chi connectivity index (χ2n) is 5.30. The molecular formula is C14H14F3N5O2. The Morgan fingerprint density at radius 2 is 2.17 bits per heavy atom. The number of alkyl halides is 3. The lowest BCUT2D eigenvalue weighted by atomic mass is 10.3. The largest absolute Gasteiger partial charge is 0.573 e. The monoisotopic (exact) mass is 341 g/mol. The normalized spacial score (nSPS) is 14.3. The van der Waals surface area contributed by atoms with Gasteiger partial charge in [-0.3, -0.25) is 0 Å². The zero-order chi connectivity index (χ0) is 17.2. The van der Waals surface area contributed by atoms with Gasteiger partial charge in [-0.2, -0.15) is 0 Å². The van der Waals surface area contributed by atoms with Crippen LogP contribution in [0.1, 0.15) is 18.5 Å². The number of rotatable bonds is 5. The SMILES string of the molecule is O=C(NCc1cn(-c2cccc(OC(F)(F)F)c2)nn1)NC1CC1. The van der Waals surface area contributed by atoms with Gasteiger partial charge in [0.05, 0.1) is 18.4 Å². The standard InChI is InChI=1S/C14H14F3N5O2/c15-14(16,17)24-12-3-1-2-11(6-12)22-8-10(20-21-22)7-18-13(23)19-9-4-5-9/h1-3,6,8-9H,4-5,7H2,(H2,18,19,23). The van der Waals surface area contributed by atoms with Gasteiger partial charge in [0.2, 0.25) is 0 Å². The highest BCUT2D eigenvalue weighted by Crippen LogP contribution is 2.24. The molecule has 1 fully saturated rings. The van der Waals surface area contributed by atoms with Gasteiger partial charge in [-0.1, -0.05) is 11.3 Å². The first-order chi connectivity index (χ1) is 11.4. The average Bonchev–Trinajstić information content (AvgIpc) is 3.18. The van der Waals surface area contributed by atoms with Crippen molar-refractivity contribution in [3.8, 4) is 11.4 Å². The summed E-state index contributed by atoms with van der Waals surface area (Å²) in [6.07, 6.45) is -1.27. The molecule has 24 heavy (non-hydrogen) atoms. The van der Waals surface area contributed by atoms with E-state index in [2.05, 4.69) is 25.7 Å². The van der Waals surface area contributed by atoms with Crippen molar-refractivity contribution in [3.63, 3.8) is 0 Å². The predicted molar refractivity (Wildman–Crippen MR) is 76.4 cm³/mol. The van der Waals surface area contributed by atoms with Gasteiger partial charge in [0.1, 0.15) is 11.4 Å². The van der Waals surface area contributed by atoms with Crippen LogP contribution in [-0.4, -0.2) is 33.4 Å². The van der Waals surface area contributed by atoms with E-state index in [4.69, 9.17) is 0 Å². The minimum Gasteiger partial charge on any atom is -0.406 e. The molecule has 2 aromatic rings. The van der Waals surface area contributed by atoms with Gasteiger partial charge in [0.25, 0.3) is 0 Å². The third-order valence-electron chi connectivity index (χ3n) is 3.20. The van der Waals surface area contributed by atoms with Crippen LogP contribution in [0.3, 0.4) is 0 Å². The van der Waals surface area contributed by atoms with Crippen LogP contribution in [0.5, 0.6) is 5.75 Å². The van der Waals surface area contributed by atoms with E-state index in [9.17, 15) is 18.0 Å². The van der Waals surface area contributed by atoms with E-state index in [0.29, 0.717) is 11.4 Å². The van der Waals surface area contributed by atoms with Crippen LogP contribution in [0, 0.1) is 0 Å². The van der Waals surface area contributed by atoms with Crippen LogP contribution >= 0.6 is 0 Å². The summed E-state index contributed by atoms with van der Waals surface area (Å²) in [6, 6.07) is 5.33. The molecule has 1 aliphatic rings. The Balaban J connectivity index is 1.62. The summed E-state index contributed by atoms with van der Waals surface area (Å²) < 4.78 is 41.9. The maximum Gasteiger partial charge on any atom is 0.573 e. The molecule has 128 valence electrons. The van der Waals surface area contributed by atoms with E-state index >= 15 is 0 Å². The summed E-state index contributed by atoms with van der Waals surface area (Å²) >= 11 is 0. The molecule has 1 aromatic heterocycles. The van der Waals surface area contributed by atoms with E-state index in [1.165, 1.54) is 29.1 Å². The Hall–Kier alpha value is -2.78. The van der Waals surface area contributed by atoms with Crippen LogP contribution in [-0.2, 0) is 6.54 Å². The highest BCUT2D eigenvalue weighted by molar-refractivity contribution is 5.74. The molecule has 0 saturated heterocycles. The maximum atomic E-state index is 12.2. The number of nitrogens with zero attached hydrogens (tertiary/aromatic N) is 3. The van der Waals surface area contributed by atoms with Crippen molar-refractivity contribution in [2.24, 2.45) is 0 Å². The van der Waals surface area contributed by atoms with E-state index in [-0.39, 0.29) is 24.4 Å². The van der Waals surface area contributed by atoms with Crippen molar-refractivity contribution in [2.75, 3.05) is 0 Å². The molecule has 10 heteroatoms. The molecule has 1 heterocycles. The summed E-state index contributed by atoms with van der Waals surface area (Å²) in [7, 11) is 0. The topological polar surface area (TPSA) is 81.1 Å². The molecule has 0 unspecified atom stereocenters. The highest BCUT2D eigenvalue weighted by atomic mass is 19.4. The Bertz CT molecular complexity index is 727. The second kappa shape index (κ2) is 6.38. The third-order valence-corrected chi connectivity index (χ3v) is 3.20. The smallest absolute Gasteiger partial charge is 0.406 e. The highest BCUT2D eigenvalue weighted by Gasteiger charge is 2.31. The lowest BCUT2D eigenvalue weighted by molar-refractivity contribution is -0.274. The minimum absolute atomic E-state index is 0.164. The van der Waals surface area contributed by atoms with Gasteiger partial charge in [0.15, 0.2) is 0 Å². The number of carbonyl (C=O) groups excluding carboxylic acids is 1. The van der Waals surface area contributed by atoms with Crippen LogP contribution in [0.4, 0.5) is 18.0 Å². The molecule has 0 bridgehead atoms. The number of amides is 2. The number of benzene rings is 1. The zero-order valence-electron chi connectivity index (χ0n) is 12.4. The molecule has 1 aromatic carbocycles. The first kappa shape index (κ1) is 16.1. The first-order valence-corrected chi connectivity index (χ1v) is 7.21. The molecular weight excluding hydrogens is 327 g/mol. The fourth-order valence-electron chi connectivity index (χ4n) is 1.96. The summed E-state index contributed by atoms with van der Waals surface area (Å²) in [5.74, 6) is -0.348. The number of hydrogen-bond acceptors (Lipinski definition) is 4. The van der Waals surface area contributed by atoms with Gasteiger partial charge >= 0.3 is 12.4 Å². The van der Waals surface area contributed by atoms with Gasteiger partial charge < -0.3 is 15.4 Å². The van der Waals surface area contributed by atoms with E-state index in [0.717, 1.165) is 12.8 Å². The van der Waals surface area contributed by atoms with Gasteiger partial charge in [0, 0.05) is 12.1 Å². The number of aromatic nitrogens is 3. The Morgan fingerprint density at radius 1 is 1.38 bits per heavy atom. The molecule has 2 amide bonds. The number of carbonyl (C=O) groups is 1. The molecule has 1 aliphatic carbocycles.